The molecule has 2 amide bonds. The minimum absolute atomic E-state index is 0.0795. The largest absolute Gasteiger partial charge is 0.444 e. The Balaban J connectivity index is 1.69. The smallest absolute Gasteiger partial charge is 0.408 e. The fraction of sp³-hybridized carbons (Fsp3) is 0.867. The lowest BCUT2D eigenvalue weighted by Gasteiger charge is -2.23. The summed E-state index contributed by atoms with van der Waals surface area (Å²) in [7, 11) is 0. The van der Waals surface area contributed by atoms with Gasteiger partial charge in [-0.15, -0.1) is 0 Å². The van der Waals surface area contributed by atoms with Crippen molar-refractivity contribution in [2.45, 2.75) is 70.6 Å². The molecule has 0 radical (unpaired) electrons. The zero-order valence-electron chi connectivity index (χ0n) is 14.6. The van der Waals surface area contributed by atoms with E-state index < -0.39 is 48.0 Å². The molecule has 0 spiro atoms. The third-order valence-electron chi connectivity index (χ3n) is 3.41. The first-order valence-electron chi connectivity index (χ1n) is 7.89. The van der Waals surface area contributed by atoms with Crippen LogP contribution in [-0.4, -0.2) is 66.2 Å². The molecule has 24 heavy (non-hydrogen) atoms. The van der Waals surface area contributed by atoms with Crippen molar-refractivity contribution in [1.29, 1.82) is 0 Å². The van der Waals surface area contributed by atoms with Crippen molar-refractivity contribution in [1.82, 2.24) is 10.6 Å². The van der Waals surface area contributed by atoms with E-state index in [2.05, 4.69) is 10.6 Å². The number of nitrogens with one attached hydrogen (secondary N) is 2. The molecular weight excluding hydrogens is 320 g/mol. The van der Waals surface area contributed by atoms with E-state index in [1.165, 1.54) is 0 Å². The second-order valence-corrected chi connectivity index (χ2v) is 7.29. The van der Waals surface area contributed by atoms with Gasteiger partial charge in [-0.25, -0.2) is 4.79 Å². The van der Waals surface area contributed by atoms with E-state index in [1.54, 1.807) is 34.6 Å². The molecule has 0 aliphatic carbocycles. The number of fused-ring (bicyclic) bond motifs is 1. The van der Waals surface area contributed by atoms with E-state index in [9.17, 15) is 14.7 Å². The van der Waals surface area contributed by atoms with Crippen molar-refractivity contribution in [3.05, 3.63) is 0 Å². The number of carbonyl (C=O) groups is 2. The number of aliphatic hydroxyl groups excluding tert-OH is 1. The molecule has 2 saturated heterocycles. The van der Waals surface area contributed by atoms with Gasteiger partial charge in [0.25, 0.3) is 0 Å². The van der Waals surface area contributed by atoms with Crippen LogP contribution in [0.4, 0.5) is 4.79 Å². The van der Waals surface area contributed by atoms with Crippen LogP contribution in [0, 0.1) is 0 Å². The Morgan fingerprint density at radius 1 is 1.21 bits per heavy atom. The van der Waals surface area contributed by atoms with E-state index in [-0.39, 0.29) is 13.1 Å². The highest BCUT2D eigenvalue weighted by molar-refractivity contribution is 5.82. The maximum absolute atomic E-state index is 11.7. The van der Waals surface area contributed by atoms with Crippen molar-refractivity contribution < 1.29 is 33.6 Å². The Morgan fingerprint density at radius 3 is 2.46 bits per heavy atom. The minimum Gasteiger partial charge on any atom is -0.444 e. The van der Waals surface area contributed by atoms with Crippen molar-refractivity contribution >= 4 is 12.0 Å². The molecule has 2 fully saturated rings. The molecule has 0 aromatic rings. The van der Waals surface area contributed by atoms with Gasteiger partial charge >= 0.3 is 6.09 Å². The molecule has 9 heteroatoms. The molecule has 0 unspecified atom stereocenters. The van der Waals surface area contributed by atoms with Crippen molar-refractivity contribution in [2.24, 2.45) is 0 Å². The highest BCUT2D eigenvalue weighted by atomic mass is 16.8. The van der Waals surface area contributed by atoms with E-state index >= 15 is 0 Å². The number of rotatable bonds is 4. The highest BCUT2D eigenvalue weighted by Gasteiger charge is 2.54. The maximum atomic E-state index is 11.7. The molecule has 2 rings (SSSR count). The Morgan fingerprint density at radius 2 is 1.88 bits per heavy atom. The van der Waals surface area contributed by atoms with Crippen LogP contribution in [0.3, 0.4) is 0 Å². The van der Waals surface area contributed by atoms with Crippen LogP contribution in [0.25, 0.3) is 0 Å². The summed E-state index contributed by atoms with van der Waals surface area (Å²) in [5.41, 5.74) is -0.631. The van der Waals surface area contributed by atoms with Crippen LogP contribution in [-0.2, 0) is 23.7 Å². The summed E-state index contributed by atoms with van der Waals surface area (Å²) in [4.78, 5) is 23.2. The molecule has 4 atom stereocenters. The number of aliphatic hydroxyl groups is 1. The van der Waals surface area contributed by atoms with Crippen LogP contribution in [0.2, 0.25) is 0 Å². The zero-order chi connectivity index (χ0) is 18.1. The first kappa shape index (κ1) is 18.9. The zero-order valence-corrected chi connectivity index (χ0v) is 14.6. The van der Waals surface area contributed by atoms with Gasteiger partial charge in [0, 0.05) is 6.54 Å². The molecule has 0 aromatic carbocycles. The average Bonchev–Trinajstić information content (AvgIpc) is 2.86. The monoisotopic (exact) mass is 346 g/mol. The second-order valence-electron chi connectivity index (χ2n) is 7.29. The first-order chi connectivity index (χ1) is 11.0. The molecule has 138 valence electrons. The minimum atomic E-state index is -0.907. The van der Waals surface area contributed by atoms with E-state index in [0.717, 1.165) is 0 Å². The average molecular weight is 346 g/mol. The predicted molar refractivity (Wildman–Crippen MR) is 82.0 cm³/mol. The maximum Gasteiger partial charge on any atom is 0.408 e. The van der Waals surface area contributed by atoms with Gasteiger partial charge in [0.2, 0.25) is 5.91 Å². The predicted octanol–water partition coefficient (Wildman–Crippen LogP) is -0.135. The summed E-state index contributed by atoms with van der Waals surface area (Å²) in [5, 5.41) is 15.1. The molecule has 2 heterocycles. The highest BCUT2D eigenvalue weighted by Crippen LogP contribution is 2.37. The normalized spacial score (nSPS) is 31.4. The molecule has 2 aliphatic rings. The standard InChI is InChI=1S/C15H26N2O7/c1-14(2,3)24-13(20)17-7-9(18)16-6-8-10(19)11-12(21-8)23-15(4,5)22-11/h8,10-12,19H,6-7H2,1-5H3,(H,16,18)(H,17,20)/t8-,10+,11-,12-/m1/s1. The van der Waals surface area contributed by atoms with Gasteiger partial charge in [-0.3, -0.25) is 4.79 Å². The summed E-state index contributed by atoms with van der Waals surface area (Å²) in [5.74, 6) is -1.22. The third kappa shape index (κ3) is 5.04. The number of hydrogen-bond acceptors (Lipinski definition) is 7. The van der Waals surface area contributed by atoms with Gasteiger partial charge in [-0.1, -0.05) is 0 Å². The molecular formula is C15H26N2O7. The van der Waals surface area contributed by atoms with Gasteiger partial charge in [-0.05, 0) is 34.6 Å². The molecule has 3 N–H and O–H groups in total. The number of ether oxygens (including phenoxy) is 4. The summed E-state index contributed by atoms with van der Waals surface area (Å²) < 4.78 is 21.7. The van der Waals surface area contributed by atoms with Gasteiger partial charge in [0.05, 0.1) is 6.54 Å². The Labute approximate surface area is 141 Å². The van der Waals surface area contributed by atoms with Crippen molar-refractivity contribution in [2.75, 3.05) is 13.1 Å². The summed E-state index contributed by atoms with van der Waals surface area (Å²) in [6.07, 6.45) is -3.45. The number of hydrogen-bond donors (Lipinski definition) is 3. The van der Waals surface area contributed by atoms with Gasteiger partial charge < -0.3 is 34.7 Å². The summed E-state index contributed by atoms with van der Waals surface area (Å²) in [6, 6.07) is 0. The fourth-order valence-electron chi connectivity index (χ4n) is 2.47. The topological polar surface area (TPSA) is 115 Å². The Kier molecular flexibility index (Phi) is 5.38. The molecule has 0 saturated carbocycles. The number of amides is 2. The fourth-order valence-corrected chi connectivity index (χ4v) is 2.47. The van der Waals surface area contributed by atoms with Gasteiger partial charge in [0.1, 0.15) is 23.9 Å². The van der Waals surface area contributed by atoms with Crippen LogP contribution < -0.4 is 10.6 Å². The van der Waals surface area contributed by atoms with Crippen LogP contribution in [0.1, 0.15) is 34.6 Å². The Hall–Kier alpha value is -1.42. The summed E-state index contributed by atoms with van der Waals surface area (Å²) in [6.45, 7) is 8.51. The second kappa shape index (κ2) is 6.83. The van der Waals surface area contributed by atoms with Crippen molar-refractivity contribution in [3.63, 3.8) is 0 Å². The molecule has 0 bridgehead atoms. The molecule has 9 nitrogen and oxygen atoms in total. The third-order valence-corrected chi connectivity index (χ3v) is 3.41. The quantitative estimate of drug-likeness (QED) is 0.649. The van der Waals surface area contributed by atoms with E-state index in [0.29, 0.717) is 0 Å². The Bertz CT molecular complexity index is 489. The van der Waals surface area contributed by atoms with E-state index in [1.807, 2.05) is 0 Å². The lowest BCUT2D eigenvalue weighted by molar-refractivity contribution is -0.214. The lowest BCUT2D eigenvalue weighted by atomic mass is 10.1. The SMILES string of the molecule is CC(C)(C)OC(=O)NCC(=O)NC[C@H]1O[C@@H]2OC(C)(C)O[C@@H]2[C@H]1O. The van der Waals surface area contributed by atoms with E-state index in [4.69, 9.17) is 18.9 Å². The van der Waals surface area contributed by atoms with Crippen LogP contribution in [0.5, 0.6) is 0 Å². The van der Waals surface area contributed by atoms with Gasteiger partial charge in [-0.2, -0.15) is 0 Å². The van der Waals surface area contributed by atoms with Crippen LogP contribution >= 0.6 is 0 Å². The van der Waals surface area contributed by atoms with Crippen molar-refractivity contribution in [3.8, 4) is 0 Å². The van der Waals surface area contributed by atoms with Crippen LogP contribution in [0.15, 0.2) is 0 Å². The number of alkyl carbamates (subject to hydrolysis) is 1. The van der Waals surface area contributed by atoms with Gasteiger partial charge in [0.15, 0.2) is 12.1 Å². The lowest BCUT2D eigenvalue weighted by Crippen LogP contribution is -2.45. The molecule has 0 aromatic heterocycles. The first-order valence-corrected chi connectivity index (χ1v) is 7.89. The summed E-state index contributed by atoms with van der Waals surface area (Å²) >= 11 is 0. The molecule has 2 aliphatic heterocycles. The number of carbonyl (C=O) groups excluding carboxylic acids is 2.